The normalized spacial score (nSPS) is 9.92. The Morgan fingerprint density at radius 2 is 2.31 bits per heavy atom. The molecule has 0 saturated heterocycles. The van der Waals surface area contributed by atoms with Crippen LogP contribution in [-0.2, 0) is 0 Å². The van der Waals surface area contributed by atoms with Gasteiger partial charge in [-0.15, -0.1) is 18.3 Å². The molecule has 0 aromatic heterocycles. The Morgan fingerprint density at radius 3 is 2.92 bits per heavy atom. The number of nitrogen functional groups attached to an aromatic ring is 1. The summed E-state index contributed by atoms with van der Waals surface area (Å²) in [5, 5.41) is 0. The summed E-state index contributed by atoms with van der Waals surface area (Å²) in [4.78, 5) is 0.934. The van der Waals surface area contributed by atoms with Crippen LogP contribution in [0, 0.1) is 5.82 Å². The molecule has 1 aromatic rings. The second-order valence-electron chi connectivity index (χ2n) is 2.61. The van der Waals surface area contributed by atoms with Crippen molar-refractivity contribution in [3.8, 4) is 0 Å². The highest BCUT2D eigenvalue weighted by atomic mass is 32.2. The third-order valence-corrected chi connectivity index (χ3v) is 2.67. The number of hydrogen-bond donors (Lipinski definition) is 1. The molecule has 0 radical (unpaired) electrons. The Morgan fingerprint density at radius 1 is 1.54 bits per heavy atom. The molecule has 3 heteroatoms. The highest BCUT2D eigenvalue weighted by Crippen LogP contribution is 2.25. The molecule has 13 heavy (non-hydrogen) atoms. The van der Waals surface area contributed by atoms with E-state index in [1.807, 2.05) is 6.08 Å². The van der Waals surface area contributed by atoms with Crippen molar-refractivity contribution in [2.75, 3.05) is 11.5 Å². The van der Waals surface area contributed by atoms with Gasteiger partial charge in [-0.1, -0.05) is 6.08 Å². The highest BCUT2D eigenvalue weighted by Gasteiger charge is 2.00. The lowest BCUT2D eigenvalue weighted by molar-refractivity contribution is 0.627. The average Bonchev–Trinajstić information content (AvgIpc) is 2.09. The number of nitrogens with two attached hydrogens (primary N) is 1. The summed E-state index contributed by atoms with van der Waals surface area (Å²) < 4.78 is 12.6. The number of allylic oxidation sites excluding steroid dienone is 1. The number of benzene rings is 1. The van der Waals surface area contributed by atoms with Crippen LogP contribution in [-0.4, -0.2) is 5.75 Å². The molecule has 0 saturated carbocycles. The summed E-state index contributed by atoms with van der Waals surface area (Å²) in [5.41, 5.74) is 6.13. The average molecular weight is 197 g/mol. The van der Waals surface area contributed by atoms with Crippen LogP contribution in [0.5, 0.6) is 0 Å². The van der Waals surface area contributed by atoms with Gasteiger partial charge in [0.2, 0.25) is 0 Å². The van der Waals surface area contributed by atoms with E-state index in [9.17, 15) is 4.39 Å². The van der Waals surface area contributed by atoms with Crippen LogP contribution in [0.3, 0.4) is 0 Å². The van der Waals surface area contributed by atoms with Crippen molar-refractivity contribution in [3.05, 3.63) is 36.7 Å². The Labute approximate surface area is 81.8 Å². The molecule has 1 nitrogen and oxygen atoms in total. The van der Waals surface area contributed by atoms with Gasteiger partial charge < -0.3 is 5.73 Å². The molecular weight excluding hydrogens is 185 g/mol. The van der Waals surface area contributed by atoms with Crippen molar-refractivity contribution in [3.63, 3.8) is 0 Å². The van der Waals surface area contributed by atoms with E-state index in [4.69, 9.17) is 5.73 Å². The van der Waals surface area contributed by atoms with Gasteiger partial charge in [0.15, 0.2) is 0 Å². The fraction of sp³-hybridized carbons (Fsp3) is 0.200. The molecule has 0 amide bonds. The number of halogens is 1. The monoisotopic (exact) mass is 197 g/mol. The summed E-state index contributed by atoms with van der Waals surface area (Å²) in [6.45, 7) is 3.62. The smallest absolute Gasteiger partial charge is 0.125 e. The Kier molecular flexibility index (Phi) is 3.83. The molecule has 0 bridgehead atoms. The maximum atomic E-state index is 12.6. The summed E-state index contributed by atoms with van der Waals surface area (Å²) >= 11 is 1.62. The standard InChI is InChI=1S/C10H12FNS/c1-2-3-6-13-10-5-4-8(11)7-9(10)12/h2,4-5,7H,1,3,6,12H2. The van der Waals surface area contributed by atoms with E-state index in [0.29, 0.717) is 5.69 Å². The van der Waals surface area contributed by atoms with E-state index in [0.717, 1.165) is 17.1 Å². The van der Waals surface area contributed by atoms with E-state index in [1.54, 1.807) is 17.8 Å². The first-order valence-corrected chi connectivity index (χ1v) is 5.01. The molecular formula is C10H12FNS. The summed E-state index contributed by atoms with van der Waals surface area (Å²) in [7, 11) is 0. The molecule has 0 spiro atoms. The van der Waals surface area contributed by atoms with Crippen LogP contribution < -0.4 is 5.73 Å². The van der Waals surface area contributed by atoms with Crippen LogP contribution in [0.25, 0.3) is 0 Å². The second-order valence-corrected chi connectivity index (χ2v) is 3.74. The van der Waals surface area contributed by atoms with Gasteiger partial charge in [-0.05, 0) is 24.6 Å². The fourth-order valence-electron chi connectivity index (χ4n) is 0.903. The van der Waals surface area contributed by atoms with E-state index in [-0.39, 0.29) is 5.82 Å². The molecule has 1 aromatic carbocycles. The Balaban J connectivity index is 2.61. The number of thioether (sulfide) groups is 1. The van der Waals surface area contributed by atoms with E-state index in [2.05, 4.69) is 6.58 Å². The Hall–Kier alpha value is -0.960. The van der Waals surface area contributed by atoms with Gasteiger partial charge in [0.05, 0.1) is 0 Å². The van der Waals surface area contributed by atoms with Crippen LogP contribution in [0.1, 0.15) is 6.42 Å². The molecule has 0 atom stereocenters. The van der Waals surface area contributed by atoms with Crippen molar-refractivity contribution in [2.24, 2.45) is 0 Å². The van der Waals surface area contributed by atoms with E-state index >= 15 is 0 Å². The number of anilines is 1. The molecule has 0 fully saturated rings. The first-order valence-electron chi connectivity index (χ1n) is 4.02. The van der Waals surface area contributed by atoms with Gasteiger partial charge in [0, 0.05) is 16.3 Å². The van der Waals surface area contributed by atoms with Gasteiger partial charge in [-0.25, -0.2) is 4.39 Å². The minimum absolute atomic E-state index is 0.287. The van der Waals surface area contributed by atoms with Gasteiger partial charge >= 0.3 is 0 Å². The largest absolute Gasteiger partial charge is 0.398 e. The first-order chi connectivity index (χ1) is 6.24. The van der Waals surface area contributed by atoms with E-state index in [1.165, 1.54) is 12.1 Å². The number of hydrogen-bond acceptors (Lipinski definition) is 2. The number of rotatable bonds is 4. The fourth-order valence-corrected chi connectivity index (χ4v) is 1.80. The van der Waals surface area contributed by atoms with Gasteiger partial charge in [-0.3, -0.25) is 0 Å². The zero-order valence-corrected chi connectivity index (χ0v) is 8.11. The third-order valence-electron chi connectivity index (χ3n) is 1.55. The van der Waals surface area contributed by atoms with Crippen molar-refractivity contribution < 1.29 is 4.39 Å². The van der Waals surface area contributed by atoms with Crippen molar-refractivity contribution >= 4 is 17.4 Å². The van der Waals surface area contributed by atoms with Crippen LogP contribution >= 0.6 is 11.8 Å². The van der Waals surface area contributed by atoms with Gasteiger partial charge in [0.1, 0.15) is 5.82 Å². The lowest BCUT2D eigenvalue weighted by atomic mass is 10.3. The SMILES string of the molecule is C=CCCSc1ccc(F)cc1N. The minimum Gasteiger partial charge on any atom is -0.398 e. The molecule has 0 aliphatic heterocycles. The zero-order valence-electron chi connectivity index (χ0n) is 7.29. The quantitative estimate of drug-likeness (QED) is 0.347. The maximum Gasteiger partial charge on any atom is 0.125 e. The molecule has 1 rings (SSSR count). The Bertz CT molecular complexity index is 299. The van der Waals surface area contributed by atoms with Crippen LogP contribution in [0.4, 0.5) is 10.1 Å². The van der Waals surface area contributed by atoms with Gasteiger partial charge in [0.25, 0.3) is 0 Å². The summed E-state index contributed by atoms with van der Waals surface area (Å²) in [5.74, 6) is 0.643. The molecule has 0 unspecified atom stereocenters. The van der Waals surface area contributed by atoms with Crippen molar-refractivity contribution in [1.29, 1.82) is 0 Å². The maximum absolute atomic E-state index is 12.6. The minimum atomic E-state index is -0.287. The second kappa shape index (κ2) is 4.92. The highest BCUT2D eigenvalue weighted by molar-refractivity contribution is 7.99. The molecule has 2 N–H and O–H groups in total. The molecule has 0 aliphatic rings. The predicted octanol–water partition coefficient (Wildman–Crippen LogP) is 3.08. The first kappa shape index (κ1) is 10.1. The lowest BCUT2D eigenvalue weighted by Crippen LogP contribution is -1.90. The topological polar surface area (TPSA) is 26.0 Å². The zero-order chi connectivity index (χ0) is 9.68. The molecule has 0 aliphatic carbocycles. The van der Waals surface area contributed by atoms with Crippen LogP contribution in [0.15, 0.2) is 35.7 Å². The summed E-state index contributed by atoms with van der Waals surface area (Å²) in [6, 6.07) is 4.47. The summed E-state index contributed by atoms with van der Waals surface area (Å²) in [6.07, 6.45) is 2.79. The lowest BCUT2D eigenvalue weighted by Gasteiger charge is -2.03. The van der Waals surface area contributed by atoms with E-state index < -0.39 is 0 Å². The third kappa shape index (κ3) is 3.11. The molecule has 0 heterocycles. The van der Waals surface area contributed by atoms with Crippen LogP contribution in [0.2, 0.25) is 0 Å². The van der Waals surface area contributed by atoms with Crippen molar-refractivity contribution in [2.45, 2.75) is 11.3 Å². The van der Waals surface area contributed by atoms with Gasteiger partial charge in [-0.2, -0.15) is 0 Å². The molecule has 70 valence electrons. The predicted molar refractivity (Wildman–Crippen MR) is 56.4 cm³/mol. The van der Waals surface area contributed by atoms with Crippen molar-refractivity contribution in [1.82, 2.24) is 0 Å².